The maximum atomic E-state index is 12.4. The Hall–Kier alpha value is -3.75. The highest BCUT2D eigenvalue weighted by atomic mass is 16.7. The Bertz CT molecular complexity index is 946. The Balaban J connectivity index is 1.30. The van der Waals surface area contributed by atoms with Crippen LogP contribution in [0.1, 0.15) is 6.42 Å². The van der Waals surface area contributed by atoms with Gasteiger partial charge in [0.2, 0.25) is 18.6 Å². The van der Waals surface area contributed by atoms with E-state index in [0.29, 0.717) is 28.6 Å². The van der Waals surface area contributed by atoms with Crippen molar-refractivity contribution in [1.29, 1.82) is 0 Å². The van der Waals surface area contributed by atoms with E-state index < -0.39 is 6.03 Å². The summed E-state index contributed by atoms with van der Waals surface area (Å²) >= 11 is 0. The minimum Gasteiger partial charge on any atom is -0.454 e. The van der Waals surface area contributed by atoms with Crippen molar-refractivity contribution < 1.29 is 23.9 Å². The van der Waals surface area contributed by atoms with Crippen molar-refractivity contribution in [2.75, 3.05) is 35.4 Å². The van der Waals surface area contributed by atoms with Crippen molar-refractivity contribution in [1.82, 2.24) is 5.32 Å². The van der Waals surface area contributed by atoms with E-state index in [0.717, 1.165) is 0 Å². The summed E-state index contributed by atoms with van der Waals surface area (Å²) in [5, 5.41) is 8.14. The first-order valence-electron chi connectivity index (χ1n) is 8.74. The molecule has 0 bridgehead atoms. The van der Waals surface area contributed by atoms with Gasteiger partial charge in [-0.1, -0.05) is 12.1 Å². The molecule has 9 heteroatoms. The third kappa shape index (κ3) is 3.68. The van der Waals surface area contributed by atoms with Gasteiger partial charge in [0.1, 0.15) is 6.54 Å². The molecule has 3 N–H and O–H groups in total. The maximum absolute atomic E-state index is 12.4. The van der Waals surface area contributed by atoms with Crippen molar-refractivity contribution in [2.24, 2.45) is 0 Å². The molecule has 0 radical (unpaired) electrons. The predicted molar refractivity (Wildman–Crippen MR) is 102 cm³/mol. The van der Waals surface area contributed by atoms with Gasteiger partial charge in [-0.15, -0.1) is 0 Å². The minimum atomic E-state index is -0.432. The van der Waals surface area contributed by atoms with Crippen molar-refractivity contribution in [3.63, 3.8) is 0 Å². The number of rotatable bonds is 4. The lowest BCUT2D eigenvalue weighted by Gasteiger charge is -2.29. The van der Waals surface area contributed by atoms with Gasteiger partial charge in [0.05, 0.1) is 11.4 Å². The fraction of sp³-hybridized carbons (Fsp3) is 0.211. The normalized spacial score (nSPS) is 14.1. The largest absolute Gasteiger partial charge is 0.454 e. The molecule has 0 unspecified atom stereocenters. The molecule has 0 fully saturated rings. The number of urea groups is 1. The Labute approximate surface area is 160 Å². The van der Waals surface area contributed by atoms with Crippen LogP contribution in [0.3, 0.4) is 0 Å². The van der Waals surface area contributed by atoms with Crippen LogP contribution in [0, 0.1) is 0 Å². The summed E-state index contributed by atoms with van der Waals surface area (Å²) in [6, 6.07) is 11.7. The number of ether oxygens (including phenoxy) is 2. The molecule has 2 aliphatic heterocycles. The number of hydrogen-bond acceptors (Lipinski definition) is 5. The van der Waals surface area contributed by atoms with Gasteiger partial charge in [0.25, 0.3) is 0 Å². The molecule has 9 nitrogen and oxygen atoms in total. The molecule has 4 amide bonds. The van der Waals surface area contributed by atoms with E-state index in [-0.39, 0.29) is 38.1 Å². The number of hydrogen-bond donors (Lipinski definition) is 3. The molecule has 2 heterocycles. The zero-order valence-corrected chi connectivity index (χ0v) is 14.9. The molecule has 2 aromatic rings. The zero-order chi connectivity index (χ0) is 19.5. The molecule has 144 valence electrons. The van der Waals surface area contributed by atoms with E-state index in [1.54, 1.807) is 42.5 Å². The number of benzene rings is 2. The predicted octanol–water partition coefficient (Wildman–Crippen LogP) is 1.91. The average Bonchev–Trinajstić information content (AvgIpc) is 3.15. The Morgan fingerprint density at radius 2 is 1.93 bits per heavy atom. The van der Waals surface area contributed by atoms with Gasteiger partial charge in [-0.2, -0.15) is 0 Å². The Morgan fingerprint density at radius 1 is 1.11 bits per heavy atom. The van der Waals surface area contributed by atoms with Crippen molar-refractivity contribution in [3.05, 3.63) is 42.5 Å². The fourth-order valence-electron chi connectivity index (χ4n) is 2.99. The van der Waals surface area contributed by atoms with Gasteiger partial charge in [0, 0.05) is 24.7 Å². The third-order valence-corrected chi connectivity index (χ3v) is 4.30. The fourth-order valence-corrected chi connectivity index (χ4v) is 2.99. The lowest BCUT2D eigenvalue weighted by atomic mass is 10.2. The smallest absolute Gasteiger partial charge is 0.322 e. The second-order valence-electron chi connectivity index (χ2n) is 6.25. The molecule has 28 heavy (non-hydrogen) atoms. The summed E-state index contributed by atoms with van der Waals surface area (Å²) in [4.78, 5) is 37.7. The molecular weight excluding hydrogens is 364 g/mol. The van der Waals surface area contributed by atoms with Gasteiger partial charge in [-0.3, -0.25) is 14.5 Å². The van der Waals surface area contributed by atoms with Crippen LogP contribution in [0.5, 0.6) is 11.5 Å². The van der Waals surface area contributed by atoms with E-state index >= 15 is 0 Å². The Morgan fingerprint density at radius 3 is 2.82 bits per heavy atom. The number of nitrogens with one attached hydrogen (secondary N) is 3. The monoisotopic (exact) mass is 382 g/mol. The highest BCUT2D eigenvalue weighted by Crippen LogP contribution is 2.34. The van der Waals surface area contributed by atoms with Gasteiger partial charge in [0.15, 0.2) is 11.5 Å². The molecule has 0 spiro atoms. The van der Waals surface area contributed by atoms with E-state index in [4.69, 9.17) is 9.47 Å². The van der Waals surface area contributed by atoms with Crippen LogP contribution in [0.15, 0.2) is 42.5 Å². The Kier molecular flexibility index (Phi) is 4.71. The van der Waals surface area contributed by atoms with Crippen LogP contribution in [0.25, 0.3) is 0 Å². The van der Waals surface area contributed by atoms with Crippen molar-refractivity contribution in [2.45, 2.75) is 6.42 Å². The van der Waals surface area contributed by atoms with Crippen LogP contribution in [0.2, 0.25) is 0 Å². The minimum absolute atomic E-state index is 0.0771. The van der Waals surface area contributed by atoms with Gasteiger partial charge in [-0.25, -0.2) is 4.79 Å². The summed E-state index contributed by atoms with van der Waals surface area (Å²) < 4.78 is 10.5. The molecule has 0 aliphatic carbocycles. The maximum Gasteiger partial charge on any atom is 0.322 e. The van der Waals surface area contributed by atoms with E-state index in [1.165, 1.54) is 4.90 Å². The first kappa shape index (κ1) is 17.7. The van der Waals surface area contributed by atoms with Crippen LogP contribution in [-0.2, 0) is 9.59 Å². The second kappa shape index (κ2) is 7.47. The summed E-state index contributed by atoms with van der Waals surface area (Å²) in [6.45, 7) is 0.220. The van der Waals surface area contributed by atoms with Crippen molar-refractivity contribution >= 4 is 34.9 Å². The van der Waals surface area contributed by atoms with E-state index in [2.05, 4.69) is 16.0 Å². The van der Waals surface area contributed by atoms with Gasteiger partial charge in [-0.05, 0) is 24.3 Å². The lowest BCUT2D eigenvalue weighted by Crippen LogP contribution is -2.47. The first-order chi connectivity index (χ1) is 13.6. The molecule has 0 saturated carbocycles. The second-order valence-corrected chi connectivity index (χ2v) is 6.25. The van der Waals surface area contributed by atoms with Crippen LogP contribution < -0.4 is 30.3 Å². The molecule has 2 aromatic carbocycles. The summed E-state index contributed by atoms with van der Waals surface area (Å²) in [5.41, 5.74) is 1.78. The molecule has 0 saturated heterocycles. The number of fused-ring (bicyclic) bond motifs is 2. The quantitative estimate of drug-likeness (QED) is 0.749. The van der Waals surface area contributed by atoms with Crippen LogP contribution >= 0.6 is 0 Å². The summed E-state index contributed by atoms with van der Waals surface area (Å²) in [7, 11) is 0. The summed E-state index contributed by atoms with van der Waals surface area (Å²) in [6.07, 6.45) is 0.0852. The molecular formula is C19H18N4O5. The molecule has 2 aliphatic rings. The molecule has 0 aromatic heterocycles. The number of carbonyl (C=O) groups excluding carboxylic acids is 3. The van der Waals surface area contributed by atoms with Crippen LogP contribution in [-0.4, -0.2) is 37.7 Å². The topological polar surface area (TPSA) is 109 Å². The van der Waals surface area contributed by atoms with Crippen LogP contribution in [0.4, 0.5) is 21.9 Å². The van der Waals surface area contributed by atoms with Gasteiger partial charge < -0.3 is 25.4 Å². The SMILES string of the molecule is O=C(CCNC(=O)N1CC(=O)Nc2ccccc21)Nc1ccc2c(c1)OCO2. The number of anilines is 3. The van der Waals surface area contributed by atoms with Crippen molar-refractivity contribution in [3.8, 4) is 11.5 Å². The lowest BCUT2D eigenvalue weighted by molar-refractivity contribution is -0.116. The standard InChI is InChI=1S/C19H18N4O5/c24-17(21-12-5-6-15-16(9-12)28-11-27-15)7-8-20-19(26)23-10-18(25)22-13-3-1-2-4-14(13)23/h1-6,9H,7-8,10-11H2,(H,20,26)(H,21,24)(H,22,25). The molecule has 0 atom stereocenters. The van der Waals surface area contributed by atoms with E-state index in [1.807, 2.05) is 0 Å². The number of carbonyl (C=O) groups is 3. The first-order valence-corrected chi connectivity index (χ1v) is 8.74. The highest BCUT2D eigenvalue weighted by Gasteiger charge is 2.26. The molecule has 4 rings (SSSR count). The zero-order valence-electron chi connectivity index (χ0n) is 14.9. The number of nitrogens with zero attached hydrogens (tertiary/aromatic N) is 1. The highest BCUT2D eigenvalue weighted by molar-refractivity contribution is 6.09. The third-order valence-electron chi connectivity index (χ3n) is 4.30. The number of para-hydroxylation sites is 2. The van der Waals surface area contributed by atoms with E-state index in [9.17, 15) is 14.4 Å². The summed E-state index contributed by atoms with van der Waals surface area (Å²) in [5.74, 6) is 0.689. The van der Waals surface area contributed by atoms with Gasteiger partial charge >= 0.3 is 6.03 Å². The average molecular weight is 382 g/mol. The number of amides is 4.